The van der Waals surface area contributed by atoms with E-state index in [9.17, 15) is 14.4 Å². The molecule has 0 fully saturated rings. The van der Waals surface area contributed by atoms with E-state index in [1.807, 2.05) is 6.07 Å². The number of nitrogens with one attached hydrogen (secondary N) is 3. The molecule has 8 nitrogen and oxygen atoms in total. The summed E-state index contributed by atoms with van der Waals surface area (Å²) >= 11 is 0. The first-order chi connectivity index (χ1) is 13.5. The van der Waals surface area contributed by atoms with Gasteiger partial charge in [0.2, 0.25) is 0 Å². The SMILES string of the molecule is C[C@@H](OC(=O)CCNC(=O)Nc1ccccc1)c1nc2ccccc2c(=O)[nH]1. The van der Waals surface area contributed by atoms with Crippen molar-refractivity contribution in [2.45, 2.75) is 19.4 Å². The molecule has 8 heteroatoms. The minimum absolute atomic E-state index is 0.00956. The van der Waals surface area contributed by atoms with Gasteiger partial charge in [0.05, 0.1) is 17.3 Å². The van der Waals surface area contributed by atoms with Gasteiger partial charge in [-0.05, 0) is 31.2 Å². The Bertz CT molecular complexity index is 1030. The molecule has 2 aromatic carbocycles. The van der Waals surface area contributed by atoms with E-state index in [1.165, 1.54) is 0 Å². The summed E-state index contributed by atoms with van der Waals surface area (Å²) < 4.78 is 5.30. The molecule has 1 heterocycles. The number of esters is 1. The summed E-state index contributed by atoms with van der Waals surface area (Å²) in [7, 11) is 0. The maximum atomic E-state index is 12.1. The third-order valence-electron chi connectivity index (χ3n) is 3.97. The van der Waals surface area contributed by atoms with Crippen molar-refractivity contribution in [1.29, 1.82) is 0 Å². The molecule has 0 radical (unpaired) electrons. The number of aromatic amines is 1. The van der Waals surface area contributed by atoms with Crippen LogP contribution in [-0.4, -0.2) is 28.5 Å². The standard InChI is InChI=1S/C20H20N4O4/c1-13(18-23-16-10-6-5-9-15(16)19(26)24-18)28-17(25)11-12-21-20(27)22-14-7-3-2-4-8-14/h2-10,13H,11-12H2,1H3,(H2,21,22,27)(H,23,24,26)/t13-/m1/s1. The highest BCUT2D eigenvalue weighted by atomic mass is 16.5. The second-order valence-corrected chi connectivity index (χ2v) is 6.10. The minimum Gasteiger partial charge on any atom is -0.454 e. The van der Waals surface area contributed by atoms with Gasteiger partial charge in [-0.3, -0.25) is 9.59 Å². The second kappa shape index (κ2) is 8.81. The fourth-order valence-electron chi connectivity index (χ4n) is 2.58. The Labute approximate surface area is 160 Å². The highest BCUT2D eigenvalue weighted by molar-refractivity contribution is 5.89. The van der Waals surface area contributed by atoms with Crippen LogP contribution < -0.4 is 16.2 Å². The number of hydrogen-bond donors (Lipinski definition) is 3. The van der Waals surface area contributed by atoms with Gasteiger partial charge in [-0.1, -0.05) is 30.3 Å². The molecule has 3 aromatic rings. The van der Waals surface area contributed by atoms with Gasteiger partial charge < -0.3 is 20.4 Å². The summed E-state index contributed by atoms with van der Waals surface area (Å²) in [5.74, 6) is -0.241. The summed E-state index contributed by atoms with van der Waals surface area (Å²) in [5, 5.41) is 5.71. The van der Waals surface area contributed by atoms with E-state index in [0.717, 1.165) is 0 Å². The first-order valence-corrected chi connectivity index (χ1v) is 8.81. The number of nitrogens with zero attached hydrogens (tertiary/aromatic N) is 1. The Morgan fingerprint density at radius 2 is 1.82 bits per heavy atom. The molecule has 0 aliphatic carbocycles. The molecule has 3 rings (SSSR count). The normalized spacial score (nSPS) is 11.6. The van der Waals surface area contributed by atoms with Crippen LogP contribution in [0.4, 0.5) is 10.5 Å². The van der Waals surface area contributed by atoms with E-state index in [0.29, 0.717) is 16.6 Å². The number of fused-ring (bicyclic) bond motifs is 1. The lowest BCUT2D eigenvalue weighted by Crippen LogP contribution is -2.31. The van der Waals surface area contributed by atoms with E-state index in [1.54, 1.807) is 55.5 Å². The number of hydrogen-bond acceptors (Lipinski definition) is 5. The summed E-state index contributed by atoms with van der Waals surface area (Å²) in [5.41, 5.74) is 0.897. The lowest BCUT2D eigenvalue weighted by molar-refractivity contribution is -0.148. The zero-order valence-corrected chi connectivity index (χ0v) is 15.3. The largest absolute Gasteiger partial charge is 0.454 e. The zero-order valence-electron chi connectivity index (χ0n) is 15.3. The zero-order chi connectivity index (χ0) is 19.9. The molecule has 3 N–H and O–H groups in total. The van der Waals surface area contributed by atoms with Crippen LogP contribution in [0.1, 0.15) is 25.3 Å². The van der Waals surface area contributed by atoms with Crippen LogP contribution in [0.3, 0.4) is 0 Å². The summed E-state index contributed by atoms with van der Waals surface area (Å²) in [6.45, 7) is 1.74. The van der Waals surface area contributed by atoms with Gasteiger partial charge >= 0.3 is 12.0 Å². The Balaban J connectivity index is 1.49. The molecule has 0 saturated heterocycles. The van der Waals surface area contributed by atoms with E-state index in [4.69, 9.17) is 4.74 Å². The lowest BCUT2D eigenvalue weighted by atomic mass is 10.2. The lowest BCUT2D eigenvalue weighted by Gasteiger charge is -2.13. The van der Waals surface area contributed by atoms with Crippen LogP contribution in [0.5, 0.6) is 0 Å². The van der Waals surface area contributed by atoms with Gasteiger partial charge in [0.1, 0.15) is 0 Å². The summed E-state index contributed by atoms with van der Waals surface area (Å²) in [4.78, 5) is 42.8. The number of anilines is 1. The third-order valence-corrected chi connectivity index (χ3v) is 3.97. The minimum atomic E-state index is -0.719. The van der Waals surface area contributed by atoms with Crippen LogP contribution in [0.25, 0.3) is 10.9 Å². The molecule has 0 bridgehead atoms. The van der Waals surface area contributed by atoms with Gasteiger partial charge in [-0.15, -0.1) is 0 Å². The van der Waals surface area contributed by atoms with E-state index in [2.05, 4.69) is 20.6 Å². The topological polar surface area (TPSA) is 113 Å². The molecule has 144 valence electrons. The number of para-hydroxylation sites is 2. The van der Waals surface area contributed by atoms with Crippen molar-refractivity contribution in [1.82, 2.24) is 15.3 Å². The van der Waals surface area contributed by atoms with Crippen molar-refractivity contribution in [2.75, 3.05) is 11.9 Å². The second-order valence-electron chi connectivity index (χ2n) is 6.10. The van der Waals surface area contributed by atoms with Crippen molar-refractivity contribution in [3.05, 3.63) is 70.8 Å². The number of ether oxygens (including phenoxy) is 1. The number of carbonyl (C=O) groups is 2. The highest BCUT2D eigenvalue weighted by Gasteiger charge is 2.15. The predicted octanol–water partition coefficient (Wildman–Crippen LogP) is 2.74. The molecule has 1 aromatic heterocycles. The first-order valence-electron chi connectivity index (χ1n) is 8.81. The third kappa shape index (κ3) is 4.94. The number of carbonyl (C=O) groups excluding carboxylic acids is 2. The Morgan fingerprint density at radius 3 is 2.61 bits per heavy atom. The molecule has 0 spiro atoms. The van der Waals surface area contributed by atoms with Crippen LogP contribution >= 0.6 is 0 Å². The average molecular weight is 380 g/mol. The van der Waals surface area contributed by atoms with Gasteiger partial charge in [0, 0.05) is 12.2 Å². The van der Waals surface area contributed by atoms with Crippen molar-refractivity contribution in [3.8, 4) is 0 Å². The number of aromatic nitrogens is 2. The Morgan fingerprint density at radius 1 is 1.11 bits per heavy atom. The molecule has 0 aliphatic heterocycles. The van der Waals surface area contributed by atoms with Crippen LogP contribution in [0, 0.1) is 0 Å². The van der Waals surface area contributed by atoms with Crippen LogP contribution in [0.15, 0.2) is 59.4 Å². The number of rotatable bonds is 6. The molecule has 2 amide bonds. The molecule has 0 aliphatic rings. The van der Waals surface area contributed by atoms with Crippen LogP contribution in [0.2, 0.25) is 0 Å². The number of benzene rings is 2. The average Bonchev–Trinajstić information content (AvgIpc) is 2.68. The fourth-order valence-corrected chi connectivity index (χ4v) is 2.58. The van der Waals surface area contributed by atoms with Crippen LogP contribution in [-0.2, 0) is 9.53 Å². The molecular formula is C20H20N4O4. The fraction of sp³-hybridized carbons (Fsp3) is 0.200. The number of urea groups is 1. The molecule has 0 saturated carbocycles. The Kier molecular flexibility index (Phi) is 6.01. The maximum Gasteiger partial charge on any atom is 0.319 e. The van der Waals surface area contributed by atoms with Gasteiger partial charge in [0.25, 0.3) is 5.56 Å². The van der Waals surface area contributed by atoms with Crippen molar-refractivity contribution < 1.29 is 14.3 Å². The highest BCUT2D eigenvalue weighted by Crippen LogP contribution is 2.14. The molecule has 0 unspecified atom stereocenters. The van der Waals surface area contributed by atoms with Crippen molar-refractivity contribution in [3.63, 3.8) is 0 Å². The van der Waals surface area contributed by atoms with Crippen molar-refractivity contribution >= 4 is 28.6 Å². The van der Waals surface area contributed by atoms with E-state index in [-0.39, 0.29) is 24.3 Å². The molecule has 28 heavy (non-hydrogen) atoms. The first kappa shape index (κ1) is 19.1. The monoisotopic (exact) mass is 380 g/mol. The molecular weight excluding hydrogens is 360 g/mol. The predicted molar refractivity (Wildman–Crippen MR) is 105 cm³/mol. The maximum absolute atomic E-state index is 12.1. The smallest absolute Gasteiger partial charge is 0.319 e. The summed E-state index contributed by atoms with van der Waals surface area (Å²) in [6.07, 6.45) is -0.729. The molecule has 1 atom stereocenters. The quantitative estimate of drug-likeness (QED) is 0.569. The Hall–Kier alpha value is -3.68. The van der Waals surface area contributed by atoms with Gasteiger partial charge in [0.15, 0.2) is 11.9 Å². The summed E-state index contributed by atoms with van der Waals surface area (Å²) in [6, 6.07) is 15.5. The number of amides is 2. The van der Waals surface area contributed by atoms with E-state index >= 15 is 0 Å². The van der Waals surface area contributed by atoms with Gasteiger partial charge in [-0.2, -0.15) is 0 Å². The number of H-pyrrole nitrogens is 1. The van der Waals surface area contributed by atoms with Gasteiger partial charge in [-0.25, -0.2) is 9.78 Å². The van der Waals surface area contributed by atoms with E-state index < -0.39 is 18.1 Å². The van der Waals surface area contributed by atoms with Crippen molar-refractivity contribution in [2.24, 2.45) is 0 Å².